The molecule has 100 valence electrons. The van der Waals surface area contributed by atoms with Gasteiger partial charge in [-0.1, -0.05) is 12.1 Å². The quantitative estimate of drug-likeness (QED) is 0.869. The second kappa shape index (κ2) is 5.72. The summed E-state index contributed by atoms with van der Waals surface area (Å²) in [4.78, 5) is 2.39. The lowest BCUT2D eigenvalue weighted by atomic mass is 10.0. The van der Waals surface area contributed by atoms with Crippen molar-refractivity contribution in [1.29, 1.82) is 0 Å². The topological polar surface area (TPSA) is 38.5 Å². The van der Waals surface area contributed by atoms with Crippen LogP contribution in [-0.4, -0.2) is 30.3 Å². The van der Waals surface area contributed by atoms with Crippen LogP contribution in [0.4, 0.5) is 0 Å². The van der Waals surface area contributed by atoms with Gasteiger partial charge >= 0.3 is 0 Å². The van der Waals surface area contributed by atoms with Crippen LogP contribution in [0.1, 0.15) is 32.3 Å². The highest BCUT2D eigenvalue weighted by atomic mass is 16.5. The predicted octanol–water partition coefficient (Wildman–Crippen LogP) is 2.40. The molecule has 2 N–H and O–H groups in total. The number of rotatable bonds is 5. The number of hydrogen-bond acceptors (Lipinski definition) is 3. The SMILES string of the molecule is CCOc1ccc(CC(C)(N)N2CCCC2)cc1. The van der Waals surface area contributed by atoms with Crippen molar-refractivity contribution >= 4 is 0 Å². The molecular weight excluding hydrogens is 224 g/mol. The highest BCUT2D eigenvalue weighted by Gasteiger charge is 2.29. The Labute approximate surface area is 110 Å². The van der Waals surface area contributed by atoms with Crippen molar-refractivity contribution in [3.8, 4) is 5.75 Å². The average molecular weight is 248 g/mol. The third kappa shape index (κ3) is 3.24. The van der Waals surface area contributed by atoms with Gasteiger partial charge in [-0.15, -0.1) is 0 Å². The van der Waals surface area contributed by atoms with E-state index in [2.05, 4.69) is 24.0 Å². The fraction of sp³-hybridized carbons (Fsp3) is 0.600. The van der Waals surface area contributed by atoms with Crippen LogP contribution < -0.4 is 10.5 Å². The fourth-order valence-electron chi connectivity index (χ4n) is 2.62. The van der Waals surface area contributed by atoms with E-state index < -0.39 is 0 Å². The van der Waals surface area contributed by atoms with E-state index in [4.69, 9.17) is 10.5 Å². The Balaban J connectivity index is 1.99. The van der Waals surface area contributed by atoms with Gasteiger partial charge in [0.1, 0.15) is 5.75 Å². The van der Waals surface area contributed by atoms with Gasteiger partial charge in [0.15, 0.2) is 0 Å². The summed E-state index contributed by atoms with van der Waals surface area (Å²) < 4.78 is 5.45. The van der Waals surface area contributed by atoms with Gasteiger partial charge < -0.3 is 10.5 Å². The molecule has 18 heavy (non-hydrogen) atoms. The van der Waals surface area contributed by atoms with Crippen LogP contribution in [0.15, 0.2) is 24.3 Å². The van der Waals surface area contributed by atoms with E-state index in [-0.39, 0.29) is 5.66 Å². The lowest BCUT2D eigenvalue weighted by Crippen LogP contribution is -2.53. The molecule has 1 aromatic rings. The maximum atomic E-state index is 6.45. The maximum absolute atomic E-state index is 6.45. The Morgan fingerprint density at radius 2 is 1.83 bits per heavy atom. The molecule has 1 aliphatic rings. The molecule has 0 bridgehead atoms. The normalized spacial score (nSPS) is 19.7. The van der Waals surface area contributed by atoms with Crippen LogP contribution in [-0.2, 0) is 6.42 Å². The van der Waals surface area contributed by atoms with E-state index in [0.29, 0.717) is 6.61 Å². The number of nitrogens with zero attached hydrogens (tertiary/aromatic N) is 1. The monoisotopic (exact) mass is 248 g/mol. The first-order chi connectivity index (χ1) is 8.62. The second-order valence-electron chi connectivity index (χ2n) is 5.31. The number of likely N-dealkylation sites (tertiary alicyclic amines) is 1. The molecule has 1 fully saturated rings. The third-order valence-corrected chi connectivity index (χ3v) is 3.62. The van der Waals surface area contributed by atoms with Crippen molar-refractivity contribution in [2.24, 2.45) is 5.73 Å². The van der Waals surface area contributed by atoms with Crippen molar-refractivity contribution in [3.05, 3.63) is 29.8 Å². The summed E-state index contributed by atoms with van der Waals surface area (Å²) in [5, 5.41) is 0. The zero-order chi connectivity index (χ0) is 13.0. The van der Waals surface area contributed by atoms with E-state index in [1.54, 1.807) is 0 Å². The third-order valence-electron chi connectivity index (χ3n) is 3.62. The first-order valence-electron chi connectivity index (χ1n) is 6.87. The first-order valence-corrected chi connectivity index (χ1v) is 6.87. The van der Waals surface area contributed by atoms with Gasteiger partial charge in [-0.2, -0.15) is 0 Å². The van der Waals surface area contributed by atoms with Gasteiger partial charge in [-0.25, -0.2) is 0 Å². The smallest absolute Gasteiger partial charge is 0.119 e. The van der Waals surface area contributed by atoms with Crippen LogP contribution in [0, 0.1) is 0 Å². The number of benzene rings is 1. The molecule has 3 nitrogen and oxygen atoms in total. The number of nitrogens with two attached hydrogens (primary N) is 1. The summed E-state index contributed by atoms with van der Waals surface area (Å²) in [6.45, 7) is 7.10. The lowest BCUT2D eigenvalue weighted by Gasteiger charge is -2.35. The minimum atomic E-state index is -0.233. The minimum Gasteiger partial charge on any atom is -0.494 e. The Kier molecular flexibility index (Phi) is 4.25. The summed E-state index contributed by atoms with van der Waals surface area (Å²) >= 11 is 0. The van der Waals surface area contributed by atoms with Gasteiger partial charge in [-0.3, -0.25) is 4.90 Å². The molecule has 0 amide bonds. The van der Waals surface area contributed by atoms with E-state index in [9.17, 15) is 0 Å². The van der Waals surface area contributed by atoms with Crippen LogP contribution in [0.2, 0.25) is 0 Å². The highest BCUT2D eigenvalue weighted by molar-refractivity contribution is 5.28. The molecule has 1 unspecified atom stereocenters. The van der Waals surface area contributed by atoms with Crippen molar-refractivity contribution in [2.45, 2.75) is 38.8 Å². The standard InChI is InChI=1S/C15H24N2O/c1-3-18-14-8-6-13(7-9-14)12-15(2,16)17-10-4-5-11-17/h6-9H,3-5,10-12,16H2,1-2H3. The number of ether oxygens (including phenoxy) is 1. The summed E-state index contributed by atoms with van der Waals surface area (Å²) in [6, 6.07) is 8.29. The maximum Gasteiger partial charge on any atom is 0.119 e. The Morgan fingerprint density at radius 1 is 1.22 bits per heavy atom. The minimum absolute atomic E-state index is 0.233. The summed E-state index contributed by atoms with van der Waals surface area (Å²) in [6.07, 6.45) is 3.44. The zero-order valence-electron chi connectivity index (χ0n) is 11.5. The molecule has 1 heterocycles. The Hall–Kier alpha value is -1.06. The van der Waals surface area contributed by atoms with Gasteiger partial charge in [0, 0.05) is 6.42 Å². The highest BCUT2D eigenvalue weighted by Crippen LogP contribution is 2.22. The number of hydrogen-bond donors (Lipinski definition) is 1. The second-order valence-corrected chi connectivity index (χ2v) is 5.31. The van der Waals surface area contributed by atoms with Crippen molar-refractivity contribution < 1.29 is 4.74 Å². The molecular formula is C15H24N2O. The molecule has 2 rings (SSSR count). The van der Waals surface area contributed by atoms with Gasteiger partial charge in [-0.05, 0) is 57.5 Å². The molecule has 3 heteroatoms. The van der Waals surface area contributed by atoms with Gasteiger partial charge in [0.05, 0.1) is 12.3 Å². The van der Waals surface area contributed by atoms with E-state index in [0.717, 1.165) is 25.3 Å². The van der Waals surface area contributed by atoms with Crippen LogP contribution in [0.25, 0.3) is 0 Å². The lowest BCUT2D eigenvalue weighted by molar-refractivity contribution is 0.142. The van der Waals surface area contributed by atoms with Crippen molar-refractivity contribution in [2.75, 3.05) is 19.7 Å². The first kappa shape index (κ1) is 13.4. The van der Waals surface area contributed by atoms with E-state index in [1.807, 2.05) is 19.1 Å². The molecule has 1 aromatic carbocycles. The molecule has 0 spiro atoms. The molecule has 0 aromatic heterocycles. The Bertz CT molecular complexity index is 367. The summed E-state index contributed by atoms with van der Waals surface area (Å²) in [7, 11) is 0. The molecule has 1 aliphatic heterocycles. The van der Waals surface area contributed by atoms with Crippen LogP contribution in [0.5, 0.6) is 5.75 Å². The van der Waals surface area contributed by atoms with Gasteiger partial charge in [0.25, 0.3) is 0 Å². The molecule has 0 saturated carbocycles. The molecule has 1 atom stereocenters. The van der Waals surface area contributed by atoms with Crippen LogP contribution >= 0.6 is 0 Å². The fourth-order valence-corrected chi connectivity index (χ4v) is 2.62. The van der Waals surface area contributed by atoms with E-state index in [1.165, 1.54) is 18.4 Å². The zero-order valence-corrected chi connectivity index (χ0v) is 11.5. The molecule has 0 aliphatic carbocycles. The predicted molar refractivity (Wildman–Crippen MR) is 74.7 cm³/mol. The summed E-state index contributed by atoms with van der Waals surface area (Å²) in [5.74, 6) is 0.932. The van der Waals surface area contributed by atoms with Crippen molar-refractivity contribution in [1.82, 2.24) is 4.90 Å². The van der Waals surface area contributed by atoms with Crippen molar-refractivity contribution in [3.63, 3.8) is 0 Å². The van der Waals surface area contributed by atoms with Gasteiger partial charge in [0.2, 0.25) is 0 Å². The summed E-state index contributed by atoms with van der Waals surface area (Å²) in [5.41, 5.74) is 7.49. The largest absolute Gasteiger partial charge is 0.494 e. The molecule has 1 saturated heterocycles. The van der Waals surface area contributed by atoms with Crippen LogP contribution in [0.3, 0.4) is 0 Å². The Morgan fingerprint density at radius 3 is 2.39 bits per heavy atom. The molecule has 0 radical (unpaired) electrons. The van der Waals surface area contributed by atoms with E-state index >= 15 is 0 Å². The average Bonchev–Trinajstić information content (AvgIpc) is 2.86.